The largest absolute Gasteiger partial charge is 0.331 e. The summed E-state index contributed by atoms with van der Waals surface area (Å²) in [6, 6.07) is 18.1. The number of aromatic nitrogens is 2. The molecule has 1 saturated heterocycles. The number of nitrogens with zero attached hydrogens (tertiary/aromatic N) is 2. The quantitative estimate of drug-likeness (QED) is 0.617. The minimum atomic E-state index is -0.273. The number of aryl methyl sites for hydroxylation is 1. The van der Waals surface area contributed by atoms with Crippen molar-refractivity contribution in [2.24, 2.45) is 0 Å². The first-order valence-corrected chi connectivity index (χ1v) is 11.9. The molecule has 2 atom stereocenters. The van der Waals surface area contributed by atoms with Crippen LogP contribution < -0.4 is 11.0 Å². The van der Waals surface area contributed by atoms with Crippen LogP contribution in [-0.2, 0) is 6.42 Å². The van der Waals surface area contributed by atoms with Crippen LogP contribution in [0.5, 0.6) is 0 Å². The number of piperazine rings is 1. The molecular formula is C28H30N4O2. The van der Waals surface area contributed by atoms with Crippen molar-refractivity contribution in [3.63, 3.8) is 0 Å². The zero-order valence-corrected chi connectivity index (χ0v) is 19.4. The highest BCUT2D eigenvalue weighted by molar-refractivity contribution is 5.94. The fourth-order valence-corrected chi connectivity index (χ4v) is 5.04. The molecule has 1 amide bonds. The first-order chi connectivity index (χ1) is 16.6. The van der Waals surface area contributed by atoms with E-state index < -0.39 is 0 Å². The van der Waals surface area contributed by atoms with Gasteiger partial charge < -0.3 is 15.2 Å². The predicted molar refractivity (Wildman–Crippen MR) is 135 cm³/mol. The van der Waals surface area contributed by atoms with Crippen LogP contribution in [0.4, 0.5) is 0 Å². The summed E-state index contributed by atoms with van der Waals surface area (Å²) in [7, 11) is 0. The van der Waals surface area contributed by atoms with Crippen LogP contribution in [0.2, 0.25) is 0 Å². The molecule has 1 aromatic heterocycles. The minimum absolute atomic E-state index is 0.0172. The summed E-state index contributed by atoms with van der Waals surface area (Å²) < 4.78 is 1.70. The van der Waals surface area contributed by atoms with Crippen molar-refractivity contribution in [2.45, 2.75) is 31.7 Å². The summed E-state index contributed by atoms with van der Waals surface area (Å²) in [6.45, 7) is 4.06. The number of amides is 1. The molecule has 0 bridgehead atoms. The molecule has 2 aliphatic rings. The van der Waals surface area contributed by atoms with E-state index in [1.807, 2.05) is 66.4 Å². The molecule has 2 aromatic carbocycles. The summed E-state index contributed by atoms with van der Waals surface area (Å²) in [5.41, 5.74) is 3.86. The molecule has 0 saturated carbocycles. The molecule has 1 fully saturated rings. The maximum atomic E-state index is 14.0. The van der Waals surface area contributed by atoms with Gasteiger partial charge in [0.15, 0.2) is 0 Å². The van der Waals surface area contributed by atoms with Gasteiger partial charge in [-0.25, -0.2) is 4.79 Å². The lowest BCUT2D eigenvalue weighted by Crippen LogP contribution is -2.54. The number of H-pyrrole nitrogens is 1. The molecule has 6 nitrogen and oxygen atoms in total. The van der Waals surface area contributed by atoms with Crippen molar-refractivity contribution in [1.82, 2.24) is 19.8 Å². The van der Waals surface area contributed by atoms with E-state index in [9.17, 15) is 9.59 Å². The molecule has 2 heterocycles. The van der Waals surface area contributed by atoms with E-state index in [4.69, 9.17) is 0 Å². The number of rotatable bonds is 5. The van der Waals surface area contributed by atoms with Gasteiger partial charge in [0.2, 0.25) is 0 Å². The van der Waals surface area contributed by atoms with E-state index >= 15 is 0 Å². The van der Waals surface area contributed by atoms with Gasteiger partial charge in [0.1, 0.15) is 5.69 Å². The van der Waals surface area contributed by atoms with E-state index in [0.717, 1.165) is 42.9 Å². The van der Waals surface area contributed by atoms with Crippen LogP contribution in [0.15, 0.2) is 83.7 Å². The molecule has 5 rings (SSSR count). The number of carbonyl (C=O) groups is 1. The molecule has 0 spiro atoms. The Bertz CT molecular complexity index is 1290. The van der Waals surface area contributed by atoms with Crippen LogP contribution in [-0.4, -0.2) is 46.0 Å². The van der Waals surface area contributed by atoms with Crippen molar-refractivity contribution < 1.29 is 4.79 Å². The topological polar surface area (TPSA) is 70.1 Å². The molecule has 3 aromatic rings. The number of imidazole rings is 1. The maximum absolute atomic E-state index is 14.0. The highest BCUT2D eigenvalue weighted by Crippen LogP contribution is 2.30. The number of aromatic amines is 1. The minimum Gasteiger partial charge on any atom is -0.331 e. The van der Waals surface area contributed by atoms with Crippen molar-refractivity contribution in [3.05, 3.63) is 112 Å². The Balaban J connectivity index is 1.57. The normalized spacial score (nSPS) is 20.0. The fraction of sp³-hybridized carbons (Fsp3) is 0.286. The van der Waals surface area contributed by atoms with E-state index in [0.29, 0.717) is 12.2 Å². The number of allylic oxidation sites excluding steroid dienone is 4. The van der Waals surface area contributed by atoms with Crippen LogP contribution in [0.25, 0.3) is 5.69 Å². The standard InChI is InChI=1S/C28H30N4O2/c1-20-10-8-9-15-24(20)32-26(22-13-6-3-7-14-22)25(30-28(32)34)27(33)31-17-16-29-19-23(31)18-21-11-4-2-5-12-21/h2-13,15,22-23,29H,14,16-19H2,1H3,(H,30,34)/t22?,23-/m1/s1. The van der Waals surface area contributed by atoms with Crippen molar-refractivity contribution >= 4 is 5.91 Å². The molecule has 0 radical (unpaired) electrons. The summed E-state index contributed by atoms with van der Waals surface area (Å²) in [4.78, 5) is 32.2. The van der Waals surface area contributed by atoms with Crippen LogP contribution in [0.1, 0.15) is 39.6 Å². The Morgan fingerprint density at radius 1 is 1.06 bits per heavy atom. The smallest absolute Gasteiger partial charge is 0.330 e. The zero-order chi connectivity index (χ0) is 23.5. The Hall–Kier alpha value is -3.64. The third-order valence-corrected chi connectivity index (χ3v) is 6.76. The SMILES string of the molecule is Cc1ccccc1-n1c(C2C=CC=CC2)c(C(=O)N2CCNC[C@H]2Cc2ccccc2)[nH]c1=O. The average molecular weight is 455 g/mol. The van der Waals surface area contributed by atoms with Gasteiger partial charge in [0.25, 0.3) is 5.91 Å². The highest BCUT2D eigenvalue weighted by Gasteiger charge is 2.33. The van der Waals surface area contributed by atoms with Crippen LogP contribution in [0.3, 0.4) is 0 Å². The van der Waals surface area contributed by atoms with E-state index in [2.05, 4.69) is 34.6 Å². The van der Waals surface area contributed by atoms with Gasteiger partial charge >= 0.3 is 5.69 Å². The summed E-state index contributed by atoms with van der Waals surface area (Å²) in [6.07, 6.45) is 9.67. The molecule has 174 valence electrons. The summed E-state index contributed by atoms with van der Waals surface area (Å²) in [5.74, 6) is -0.164. The van der Waals surface area contributed by atoms with Gasteiger partial charge in [-0.05, 0) is 37.0 Å². The number of para-hydroxylation sites is 1. The lowest BCUT2D eigenvalue weighted by molar-refractivity contribution is 0.0628. The van der Waals surface area contributed by atoms with Gasteiger partial charge in [-0.15, -0.1) is 0 Å². The predicted octanol–water partition coefficient (Wildman–Crippen LogP) is 3.73. The Morgan fingerprint density at radius 2 is 1.85 bits per heavy atom. The zero-order valence-electron chi connectivity index (χ0n) is 19.4. The van der Waals surface area contributed by atoms with Crippen molar-refractivity contribution in [3.8, 4) is 5.69 Å². The third kappa shape index (κ3) is 4.29. The van der Waals surface area contributed by atoms with E-state index in [-0.39, 0.29) is 23.6 Å². The van der Waals surface area contributed by atoms with Crippen molar-refractivity contribution in [1.29, 1.82) is 0 Å². The molecule has 1 unspecified atom stereocenters. The van der Waals surface area contributed by atoms with Crippen LogP contribution >= 0.6 is 0 Å². The van der Waals surface area contributed by atoms with Crippen molar-refractivity contribution in [2.75, 3.05) is 19.6 Å². The number of carbonyl (C=O) groups excluding carboxylic acids is 1. The van der Waals surface area contributed by atoms with Gasteiger partial charge in [0.05, 0.1) is 11.4 Å². The molecule has 6 heteroatoms. The van der Waals surface area contributed by atoms with E-state index in [1.54, 1.807) is 4.57 Å². The highest BCUT2D eigenvalue weighted by atomic mass is 16.2. The molecule has 2 N–H and O–H groups in total. The Labute approximate surface area is 199 Å². The lowest BCUT2D eigenvalue weighted by atomic mass is 9.94. The fourth-order valence-electron chi connectivity index (χ4n) is 5.04. The van der Waals surface area contributed by atoms with Gasteiger partial charge in [-0.2, -0.15) is 0 Å². The molecule has 1 aliphatic carbocycles. The first kappa shape index (κ1) is 22.2. The second kappa shape index (κ2) is 9.69. The van der Waals surface area contributed by atoms with Gasteiger partial charge in [-0.1, -0.05) is 72.8 Å². The van der Waals surface area contributed by atoms with Gasteiger partial charge in [-0.3, -0.25) is 9.36 Å². The monoisotopic (exact) mass is 454 g/mol. The van der Waals surface area contributed by atoms with Crippen LogP contribution in [0, 0.1) is 6.92 Å². The number of nitrogens with one attached hydrogen (secondary N) is 2. The van der Waals surface area contributed by atoms with E-state index in [1.165, 1.54) is 5.56 Å². The lowest BCUT2D eigenvalue weighted by Gasteiger charge is -2.36. The van der Waals surface area contributed by atoms with Gasteiger partial charge in [0, 0.05) is 31.6 Å². The summed E-state index contributed by atoms with van der Waals surface area (Å²) in [5, 5.41) is 3.43. The number of benzene rings is 2. The number of hydrogen-bond acceptors (Lipinski definition) is 3. The Kier molecular flexibility index (Phi) is 6.32. The molecule has 34 heavy (non-hydrogen) atoms. The Morgan fingerprint density at radius 3 is 2.62 bits per heavy atom. The molecule has 1 aliphatic heterocycles. The third-order valence-electron chi connectivity index (χ3n) is 6.76. The summed E-state index contributed by atoms with van der Waals surface area (Å²) >= 11 is 0. The second-order valence-electron chi connectivity index (χ2n) is 9.01. The average Bonchev–Trinajstić information content (AvgIpc) is 3.22. The number of hydrogen-bond donors (Lipinski definition) is 2. The second-order valence-corrected chi connectivity index (χ2v) is 9.01. The molecular weight excluding hydrogens is 424 g/mol. The maximum Gasteiger partial charge on any atom is 0.330 e. The first-order valence-electron chi connectivity index (χ1n) is 11.9.